The predicted molar refractivity (Wildman–Crippen MR) is 90.6 cm³/mol. The second kappa shape index (κ2) is 6.87. The molecule has 126 valence electrons. The molecule has 2 heterocycles. The first-order valence-corrected chi connectivity index (χ1v) is 8.63. The van der Waals surface area contributed by atoms with Gasteiger partial charge in [0.2, 0.25) is 0 Å². The molecule has 1 aliphatic rings. The van der Waals surface area contributed by atoms with E-state index in [1.54, 1.807) is 7.11 Å². The van der Waals surface area contributed by atoms with Gasteiger partial charge in [0.1, 0.15) is 0 Å². The topological polar surface area (TPSA) is 44.9 Å². The van der Waals surface area contributed by atoms with Crippen molar-refractivity contribution in [1.82, 2.24) is 19.6 Å². The first-order valence-electron chi connectivity index (χ1n) is 8.63. The molecule has 0 aromatic carbocycles. The molecule has 1 saturated carbocycles. The van der Waals surface area contributed by atoms with E-state index in [1.165, 1.54) is 24.0 Å². The van der Waals surface area contributed by atoms with Crippen molar-refractivity contribution in [1.29, 1.82) is 0 Å². The fraction of sp³-hybridized carbons (Fsp3) is 0.667. The van der Waals surface area contributed by atoms with Gasteiger partial charge in [-0.05, 0) is 41.7 Å². The highest BCUT2D eigenvalue weighted by atomic mass is 16.5. The molecule has 2 aromatic heterocycles. The summed E-state index contributed by atoms with van der Waals surface area (Å²) in [5, 5.41) is 8.98. The summed E-state index contributed by atoms with van der Waals surface area (Å²) >= 11 is 0. The SMILES string of the molecule is COCCn1cc(C(C)CC2CC2n2cc(C(C)C)cn2)cn1. The summed E-state index contributed by atoms with van der Waals surface area (Å²) in [6.45, 7) is 8.26. The van der Waals surface area contributed by atoms with Crippen molar-refractivity contribution in [2.24, 2.45) is 5.92 Å². The van der Waals surface area contributed by atoms with Gasteiger partial charge in [-0.15, -0.1) is 0 Å². The summed E-state index contributed by atoms with van der Waals surface area (Å²) in [7, 11) is 1.72. The highest BCUT2D eigenvalue weighted by Gasteiger charge is 2.40. The van der Waals surface area contributed by atoms with Gasteiger partial charge in [-0.3, -0.25) is 9.36 Å². The van der Waals surface area contributed by atoms with Gasteiger partial charge in [0, 0.05) is 19.5 Å². The zero-order chi connectivity index (χ0) is 16.4. The first-order chi connectivity index (χ1) is 11.1. The number of nitrogens with zero attached hydrogens (tertiary/aromatic N) is 4. The highest BCUT2D eigenvalue weighted by Crippen LogP contribution is 2.48. The van der Waals surface area contributed by atoms with Crippen LogP contribution in [0.5, 0.6) is 0 Å². The third kappa shape index (κ3) is 3.83. The van der Waals surface area contributed by atoms with Crippen LogP contribution in [0.1, 0.15) is 62.6 Å². The maximum atomic E-state index is 5.10. The number of ether oxygens (including phenoxy) is 1. The Morgan fingerprint density at radius 2 is 1.96 bits per heavy atom. The molecule has 2 aromatic rings. The molecule has 0 spiro atoms. The molecular formula is C18H28N4O. The minimum atomic E-state index is 0.543. The van der Waals surface area contributed by atoms with E-state index in [9.17, 15) is 0 Å². The van der Waals surface area contributed by atoms with E-state index >= 15 is 0 Å². The summed E-state index contributed by atoms with van der Waals surface area (Å²) in [4.78, 5) is 0. The number of methoxy groups -OCH3 is 1. The smallest absolute Gasteiger partial charge is 0.0658 e. The first kappa shape index (κ1) is 16.2. The minimum Gasteiger partial charge on any atom is -0.383 e. The van der Waals surface area contributed by atoms with Crippen molar-refractivity contribution in [2.75, 3.05) is 13.7 Å². The van der Waals surface area contributed by atoms with Crippen molar-refractivity contribution in [3.8, 4) is 0 Å². The number of hydrogen-bond donors (Lipinski definition) is 0. The highest BCUT2D eigenvalue weighted by molar-refractivity contribution is 5.13. The lowest BCUT2D eigenvalue weighted by atomic mass is 9.98. The largest absolute Gasteiger partial charge is 0.383 e. The molecule has 1 fully saturated rings. The Kier molecular flexibility index (Phi) is 4.85. The van der Waals surface area contributed by atoms with Gasteiger partial charge in [-0.1, -0.05) is 20.8 Å². The van der Waals surface area contributed by atoms with Crippen LogP contribution in [0, 0.1) is 5.92 Å². The lowest BCUT2D eigenvalue weighted by Gasteiger charge is -2.09. The number of aromatic nitrogens is 4. The zero-order valence-electron chi connectivity index (χ0n) is 14.6. The lowest BCUT2D eigenvalue weighted by Crippen LogP contribution is -2.04. The van der Waals surface area contributed by atoms with Crippen molar-refractivity contribution in [3.05, 3.63) is 35.9 Å². The second-order valence-electron chi connectivity index (χ2n) is 7.14. The quantitative estimate of drug-likeness (QED) is 0.747. The molecule has 23 heavy (non-hydrogen) atoms. The van der Waals surface area contributed by atoms with Gasteiger partial charge in [0.25, 0.3) is 0 Å². The molecule has 0 aliphatic heterocycles. The second-order valence-corrected chi connectivity index (χ2v) is 7.14. The molecule has 0 saturated heterocycles. The molecule has 0 N–H and O–H groups in total. The third-order valence-corrected chi connectivity index (χ3v) is 4.92. The number of hydrogen-bond acceptors (Lipinski definition) is 3. The van der Waals surface area contributed by atoms with Gasteiger partial charge in [-0.2, -0.15) is 10.2 Å². The molecule has 3 atom stereocenters. The Bertz CT molecular complexity index is 631. The summed E-state index contributed by atoms with van der Waals surface area (Å²) in [6.07, 6.45) is 10.9. The van der Waals surface area contributed by atoms with E-state index in [2.05, 4.69) is 48.0 Å². The molecule has 0 radical (unpaired) electrons. The summed E-state index contributed by atoms with van der Waals surface area (Å²) in [5.41, 5.74) is 2.67. The van der Waals surface area contributed by atoms with Gasteiger partial charge in [-0.25, -0.2) is 0 Å². The summed E-state index contributed by atoms with van der Waals surface area (Å²) < 4.78 is 9.25. The van der Waals surface area contributed by atoms with E-state index in [4.69, 9.17) is 4.74 Å². The Morgan fingerprint density at radius 3 is 2.65 bits per heavy atom. The fourth-order valence-corrected chi connectivity index (χ4v) is 3.17. The minimum absolute atomic E-state index is 0.543. The Morgan fingerprint density at radius 1 is 1.17 bits per heavy atom. The van der Waals surface area contributed by atoms with E-state index < -0.39 is 0 Å². The van der Waals surface area contributed by atoms with Crippen LogP contribution in [0.25, 0.3) is 0 Å². The maximum Gasteiger partial charge on any atom is 0.0658 e. The normalized spacial score (nSPS) is 21.8. The molecule has 1 aliphatic carbocycles. The Hall–Kier alpha value is -1.62. The van der Waals surface area contributed by atoms with Crippen LogP contribution in [0.15, 0.2) is 24.8 Å². The van der Waals surface area contributed by atoms with Gasteiger partial charge in [0.05, 0.1) is 31.6 Å². The summed E-state index contributed by atoms with van der Waals surface area (Å²) in [6, 6.07) is 0.591. The Balaban J connectivity index is 1.53. The van der Waals surface area contributed by atoms with Crippen molar-refractivity contribution in [2.45, 2.75) is 58.0 Å². The van der Waals surface area contributed by atoms with E-state index in [1.807, 2.05) is 17.1 Å². The van der Waals surface area contributed by atoms with Gasteiger partial charge < -0.3 is 4.74 Å². The monoisotopic (exact) mass is 316 g/mol. The van der Waals surface area contributed by atoms with E-state index in [0.29, 0.717) is 24.5 Å². The average Bonchev–Trinajstić information content (AvgIpc) is 2.96. The van der Waals surface area contributed by atoms with Crippen molar-refractivity contribution < 1.29 is 4.74 Å². The van der Waals surface area contributed by atoms with Crippen LogP contribution >= 0.6 is 0 Å². The number of rotatable bonds is 8. The molecule has 5 nitrogen and oxygen atoms in total. The molecular weight excluding hydrogens is 288 g/mol. The van der Waals surface area contributed by atoms with Gasteiger partial charge in [0.15, 0.2) is 0 Å². The molecule has 0 amide bonds. The van der Waals surface area contributed by atoms with Crippen LogP contribution in [-0.4, -0.2) is 33.3 Å². The van der Waals surface area contributed by atoms with Gasteiger partial charge >= 0.3 is 0 Å². The molecule has 3 unspecified atom stereocenters. The predicted octanol–water partition coefficient (Wildman–Crippen LogP) is 3.60. The van der Waals surface area contributed by atoms with Crippen LogP contribution in [0.2, 0.25) is 0 Å². The van der Waals surface area contributed by atoms with E-state index in [-0.39, 0.29) is 0 Å². The average molecular weight is 316 g/mol. The lowest BCUT2D eigenvalue weighted by molar-refractivity contribution is 0.183. The Labute approximate surface area is 138 Å². The standard InChI is InChI=1S/C18H28N4O/c1-13(2)16-9-20-22(12-16)18-8-15(18)7-14(3)17-10-19-21(11-17)5-6-23-4/h9-15,18H,5-8H2,1-4H3. The van der Waals surface area contributed by atoms with Crippen LogP contribution < -0.4 is 0 Å². The van der Waals surface area contributed by atoms with Crippen LogP contribution in [0.3, 0.4) is 0 Å². The van der Waals surface area contributed by atoms with Crippen molar-refractivity contribution in [3.63, 3.8) is 0 Å². The van der Waals surface area contributed by atoms with Crippen LogP contribution in [0.4, 0.5) is 0 Å². The van der Waals surface area contributed by atoms with Crippen LogP contribution in [-0.2, 0) is 11.3 Å². The maximum absolute atomic E-state index is 5.10. The third-order valence-electron chi connectivity index (χ3n) is 4.92. The fourth-order valence-electron chi connectivity index (χ4n) is 3.17. The zero-order valence-corrected chi connectivity index (χ0v) is 14.6. The molecule has 5 heteroatoms. The molecule has 0 bridgehead atoms. The van der Waals surface area contributed by atoms with E-state index in [0.717, 1.165) is 12.5 Å². The molecule has 3 rings (SSSR count). The van der Waals surface area contributed by atoms with Crippen molar-refractivity contribution >= 4 is 0 Å². The summed E-state index contributed by atoms with van der Waals surface area (Å²) in [5.74, 6) is 1.84.